The van der Waals surface area contributed by atoms with E-state index in [2.05, 4.69) is 232 Å². The van der Waals surface area contributed by atoms with Crippen molar-refractivity contribution >= 4 is 11.0 Å². The lowest BCUT2D eigenvalue weighted by molar-refractivity contribution is -0.997. The number of aryl methyl sites for hydroxylation is 1. The van der Waals surface area contributed by atoms with Gasteiger partial charge in [0, 0.05) is 28.8 Å². The summed E-state index contributed by atoms with van der Waals surface area (Å²) in [6.45, 7) is 15.9. The number of fused-ring (bicyclic) bond motifs is 5. The lowest BCUT2D eigenvalue weighted by atomic mass is 9.83. The van der Waals surface area contributed by atoms with Crippen LogP contribution in [-0.4, -0.2) is 4.57 Å². The molecule has 2 aromatic heterocycles. The molecule has 3 aliphatic rings. The summed E-state index contributed by atoms with van der Waals surface area (Å²) in [6, 6.07) is 61.0. The van der Waals surface area contributed by atoms with Crippen LogP contribution in [0.15, 0.2) is 170 Å². The van der Waals surface area contributed by atoms with Gasteiger partial charge in [0.05, 0.1) is 5.56 Å². The van der Waals surface area contributed by atoms with Crippen LogP contribution in [0.1, 0.15) is 63.8 Å². The van der Waals surface area contributed by atoms with Crippen LogP contribution in [0.5, 0.6) is 5.75 Å². The summed E-state index contributed by atoms with van der Waals surface area (Å²) in [5.41, 5.74) is 21.4. The lowest BCUT2D eigenvalue weighted by Gasteiger charge is -2.32. The predicted octanol–water partition coefficient (Wildman–Crippen LogP) is 13.3. The predicted molar refractivity (Wildman–Crippen MR) is 252 cm³/mol. The molecule has 7 aromatic carbocycles. The van der Waals surface area contributed by atoms with E-state index in [-0.39, 0.29) is 10.8 Å². The molecular weight excluding hydrogens is 755 g/mol. The van der Waals surface area contributed by atoms with Gasteiger partial charge in [-0.1, -0.05) is 150 Å². The molecule has 1 atom stereocenters. The molecular formula is C58H49N3O+2. The molecule has 12 rings (SSSR count). The average Bonchev–Trinajstić information content (AvgIpc) is 3.77. The molecule has 0 saturated carbocycles. The number of rotatable bonds is 4. The van der Waals surface area contributed by atoms with Crippen LogP contribution in [0, 0.1) is 6.92 Å². The van der Waals surface area contributed by atoms with Gasteiger partial charge in [-0.05, 0) is 105 Å². The zero-order chi connectivity index (χ0) is 42.3. The first-order chi connectivity index (χ1) is 29.9. The highest BCUT2D eigenvalue weighted by Crippen LogP contribution is 2.54. The molecule has 0 bridgehead atoms. The lowest BCUT2D eigenvalue weighted by Crippen LogP contribution is -2.78. The summed E-state index contributed by atoms with van der Waals surface area (Å²) in [5, 5.41) is 0. The van der Waals surface area contributed by atoms with Crippen LogP contribution >= 0.6 is 0 Å². The molecule has 0 N–H and O–H groups in total. The Bertz CT molecular complexity index is 3320. The van der Waals surface area contributed by atoms with Crippen LogP contribution in [0.2, 0.25) is 0 Å². The van der Waals surface area contributed by atoms with E-state index in [0.29, 0.717) is 0 Å². The van der Waals surface area contributed by atoms with E-state index in [4.69, 9.17) is 4.74 Å². The molecule has 0 aliphatic carbocycles. The third kappa shape index (κ3) is 5.13. The Morgan fingerprint density at radius 3 is 1.92 bits per heavy atom. The van der Waals surface area contributed by atoms with Crippen molar-refractivity contribution in [3.63, 3.8) is 0 Å². The average molecular weight is 804 g/mol. The van der Waals surface area contributed by atoms with Crippen molar-refractivity contribution in [1.82, 2.24) is 4.57 Å². The molecule has 0 fully saturated rings. The van der Waals surface area contributed by atoms with E-state index in [1.807, 2.05) is 0 Å². The highest BCUT2D eigenvalue weighted by Gasteiger charge is 2.68. The van der Waals surface area contributed by atoms with E-state index in [1.165, 1.54) is 66.8 Å². The number of para-hydroxylation sites is 2. The normalized spacial score (nSPS) is 15.5. The highest BCUT2D eigenvalue weighted by atomic mass is 16.5. The van der Waals surface area contributed by atoms with Gasteiger partial charge in [0.2, 0.25) is 5.69 Å². The summed E-state index contributed by atoms with van der Waals surface area (Å²) >= 11 is 0. The van der Waals surface area contributed by atoms with Crippen molar-refractivity contribution in [1.29, 1.82) is 0 Å². The largest absolute Gasteiger partial charge is 0.499 e. The number of ether oxygens (including phenoxy) is 1. The number of pyridine rings is 1. The fourth-order valence-electron chi connectivity index (χ4n) is 10.3. The first-order valence-electron chi connectivity index (χ1n) is 21.9. The molecule has 62 heavy (non-hydrogen) atoms. The zero-order valence-corrected chi connectivity index (χ0v) is 36.4. The smallest absolute Gasteiger partial charge is 0.392 e. The van der Waals surface area contributed by atoms with Gasteiger partial charge in [-0.2, -0.15) is 4.57 Å². The maximum atomic E-state index is 7.69. The molecule has 4 heteroatoms. The number of hydrogen-bond donors (Lipinski definition) is 0. The van der Waals surface area contributed by atoms with Gasteiger partial charge in [0.1, 0.15) is 22.6 Å². The Morgan fingerprint density at radius 1 is 0.500 bits per heavy atom. The molecule has 1 spiro atoms. The molecule has 300 valence electrons. The number of benzene rings is 7. The zero-order valence-electron chi connectivity index (χ0n) is 36.4. The maximum absolute atomic E-state index is 7.69. The van der Waals surface area contributed by atoms with E-state index in [9.17, 15) is 0 Å². The summed E-state index contributed by atoms with van der Waals surface area (Å²) in [5.74, 6) is 0.911. The first kappa shape index (κ1) is 36.8. The summed E-state index contributed by atoms with van der Waals surface area (Å²) in [6.07, 6.45) is 2.26. The van der Waals surface area contributed by atoms with Gasteiger partial charge in [-0.3, -0.25) is 0 Å². The number of nitrogens with zero attached hydrogens (tertiary/aromatic N) is 3. The molecule has 4 nitrogen and oxygen atoms in total. The molecule has 5 heterocycles. The van der Waals surface area contributed by atoms with Gasteiger partial charge >= 0.3 is 11.7 Å². The maximum Gasteiger partial charge on any atom is 0.499 e. The minimum absolute atomic E-state index is 0.0394. The molecule has 0 radical (unpaired) electrons. The fourth-order valence-corrected chi connectivity index (χ4v) is 10.3. The van der Waals surface area contributed by atoms with Crippen LogP contribution < -0.4 is 13.9 Å². The van der Waals surface area contributed by atoms with Crippen molar-refractivity contribution in [2.45, 2.75) is 65.1 Å². The molecule has 1 unspecified atom stereocenters. The van der Waals surface area contributed by atoms with E-state index >= 15 is 0 Å². The van der Waals surface area contributed by atoms with Crippen LogP contribution in [0.25, 0.3) is 83.9 Å². The topological polar surface area (TPSA) is 21.9 Å². The monoisotopic (exact) mass is 803 g/mol. The third-order valence-electron chi connectivity index (χ3n) is 13.6. The van der Waals surface area contributed by atoms with Gasteiger partial charge in [-0.25, -0.2) is 0 Å². The van der Waals surface area contributed by atoms with Crippen molar-refractivity contribution in [3.05, 3.63) is 192 Å². The summed E-state index contributed by atoms with van der Waals surface area (Å²) in [7, 11) is 0. The third-order valence-corrected chi connectivity index (χ3v) is 13.6. The quantitative estimate of drug-likeness (QED) is 0.162. The van der Waals surface area contributed by atoms with Gasteiger partial charge < -0.3 is 4.74 Å². The number of imidazole rings is 1. The second-order valence-electron chi connectivity index (χ2n) is 19.5. The molecule has 0 amide bonds. The minimum atomic E-state index is -1.04. The van der Waals surface area contributed by atoms with E-state index < -0.39 is 5.85 Å². The second-order valence-corrected chi connectivity index (χ2v) is 19.5. The van der Waals surface area contributed by atoms with Crippen LogP contribution in [0.4, 0.5) is 0 Å². The van der Waals surface area contributed by atoms with E-state index in [0.717, 1.165) is 45.1 Å². The molecule has 9 aromatic rings. The van der Waals surface area contributed by atoms with Gasteiger partial charge in [0.15, 0.2) is 17.2 Å². The standard InChI is InChI=1S/C58H49N3O/c1-36-20-22-38(23-21-36)40-30-31-59-51(34-40)48-33-41(37-14-9-8-10-15-37)32-47-44-17-13-18-50-54(44)61-55(45-16-11-12-19-52(45)62-58(59,61)53(47)48)60(50)49-29-28-43(57(5,6)7)35-46(49)39-24-26-42(27-25-39)56(2,3)4/h8-35H,1-7H3/q+2. The van der Waals surface area contributed by atoms with Crippen molar-refractivity contribution in [3.8, 4) is 78.6 Å². The number of aromatic nitrogens is 3. The van der Waals surface area contributed by atoms with Crippen LogP contribution in [-0.2, 0) is 16.7 Å². The molecule has 0 saturated heterocycles. The minimum Gasteiger partial charge on any atom is -0.392 e. The van der Waals surface area contributed by atoms with Gasteiger partial charge in [0.25, 0.3) is 0 Å². The first-order valence-corrected chi connectivity index (χ1v) is 21.9. The van der Waals surface area contributed by atoms with Crippen molar-refractivity contribution in [2.75, 3.05) is 0 Å². The Hall–Kier alpha value is -7.04. The Morgan fingerprint density at radius 2 is 1.16 bits per heavy atom. The van der Waals surface area contributed by atoms with E-state index in [1.54, 1.807) is 0 Å². The second kappa shape index (κ2) is 12.7. The Labute approximate surface area is 364 Å². The summed E-state index contributed by atoms with van der Waals surface area (Å²) < 4.78 is 15.2. The van der Waals surface area contributed by atoms with Crippen molar-refractivity contribution in [2.24, 2.45) is 0 Å². The fraction of sp³-hybridized carbons (Fsp3) is 0.172. The number of hydrogen-bond acceptors (Lipinski definition) is 1. The Balaban J connectivity index is 1.22. The van der Waals surface area contributed by atoms with Crippen LogP contribution in [0.3, 0.4) is 0 Å². The van der Waals surface area contributed by atoms with Crippen molar-refractivity contribution < 1.29 is 13.9 Å². The highest BCUT2D eigenvalue weighted by molar-refractivity contribution is 5.99. The molecule has 3 aliphatic heterocycles. The SMILES string of the molecule is Cc1ccc(-c2cc[n+]3c(c2)-c2cc(-c4ccccc4)cc4c2C32Oc3ccccc3-c3n(-c5ccc(C(C)(C)C)cc5-c5ccc(C(C)(C)C)cc5)c5cccc-4c5[n+]32)cc1. The van der Waals surface area contributed by atoms with Gasteiger partial charge in [-0.15, -0.1) is 9.13 Å². The summed E-state index contributed by atoms with van der Waals surface area (Å²) in [4.78, 5) is 0. The Kier molecular flexibility index (Phi) is 7.56.